The molecule has 2 N–H and O–H groups in total. The van der Waals surface area contributed by atoms with Crippen molar-refractivity contribution in [2.24, 2.45) is 11.1 Å². The van der Waals surface area contributed by atoms with E-state index >= 15 is 0 Å². The van der Waals surface area contributed by atoms with Crippen LogP contribution in [-0.2, 0) is 14.3 Å². The first-order valence-corrected chi connectivity index (χ1v) is 12.0. The molecule has 0 saturated heterocycles. The summed E-state index contributed by atoms with van der Waals surface area (Å²) >= 11 is 3.63. The fourth-order valence-electron chi connectivity index (χ4n) is 4.83. The highest BCUT2D eigenvalue weighted by molar-refractivity contribution is 9.10. The molecule has 6 heteroatoms. The molecule has 1 aliphatic carbocycles. The summed E-state index contributed by atoms with van der Waals surface area (Å²) in [6, 6.07) is 15.6. The largest absolute Gasteiger partial charge is 0.463 e. The van der Waals surface area contributed by atoms with Crippen LogP contribution in [0.1, 0.15) is 50.7 Å². The van der Waals surface area contributed by atoms with Gasteiger partial charge in [-0.2, -0.15) is 0 Å². The van der Waals surface area contributed by atoms with Crippen LogP contribution in [0.3, 0.4) is 0 Å². The number of nitrogens with two attached hydrogens (primary N) is 1. The van der Waals surface area contributed by atoms with Crippen LogP contribution < -0.4 is 10.6 Å². The number of benzene rings is 2. The number of nitrogens with zero attached hydrogens (tertiary/aromatic N) is 1. The number of hydrogen-bond acceptors (Lipinski definition) is 5. The molecule has 0 radical (unpaired) electrons. The maximum Gasteiger partial charge on any atom is 0.338 e. The van der Waals surface area contributed by atoms with Crippen molar-refractivity contribution in [2.45, 2.75) is 46.5 Å². The second-order valence-electron chi connectivity index (χ2n) is 9.45. The number of halogens is 1. The van der Waals surface area contributed by atoms with E-state index in [1.165, 1.54) is 0 Å². The van der Waals surface area contributed by atoms with Crippen molar-refractivity contribution < 1.29 is 14.3 Å². The summed E-state index contributed by atoms with van der Waals surface area (Å²) in [5, 5.41) is 0. The molecule has 0 amide bonds. The van der Waals surface area contributed by atoms with Gasteiger partial charge < -0.3 is 10.5 Å². The number of esters is 1. The first-order chi connectivity index (χ1) is 15.6. The van der Waals surface area contributed by atoms with Crippen LogP contribution in [0.25, 0.3) is 0 Å². The Morgan fingerprint density at radius 1 is 1.15 bits per heavy atom. The summed E-state index contributed by atoms with van der Waals surface area (Å²) in [7, 11) is 0. The number of ether oxygens (including phenoxy) is 1. The van der Waals surface area contributed by atoms with Crippen LogP contribution in [-0.4, -0.2) is 18.4 Å². The lowest BCUT2D eigenvalue weighted by atomic mass is 9.68. The van der Waals surface area contributed by atoms with Crippen molar-refractivity contribution in [3.05, 3.63) is 86.8 Å². The molecule has 33 heavy (non-hydrogen) atoms. The maximum atomic E-state index is 13.7. The molecule has 5 nitrogen and oxygen atoms in total. The summed E-state index contributed by atoms with van der Waals surface area (Å²) in [5.41, 5.74) is 11.1. The normalized spacial score (nSPS) is 20.1. The summed E-state index contributed by atoms with van der Waals surface area (Å²) < 4.78 is 6.27. The molecule has 172 valence electrons. The fourth-order valence-corrected chi connectivity index (χ4v) is 5.34. The quantitative estimate of drug-likeness (QED) is 0.533. The number of Topliss-reactive ketones (excluding diaryl/α,β-unsaturated/α-hetero) is 1. The highest BCUT2D eigenvalue weighted by atomic mass is 79.9. The van der Waals surface area contributed by atoms with Gasteiger partial charge in [0.25, 0.3) is 0 Å². The van der Waals surface area contributed by atoms with Crippen molar-refractivity contribution in [1.29, 1.82) is 0 Å². The lowest BCUT2D eigenvalue weighted by Crippen LogP contribution is -2.43. The lowest BCUT2D eigenvalue weighted by Gasteiger charge is -2.44. The molecule has 0 spiro atoms. The zero-order valence-corrected chi connectivity index (χ0v) is 21.0. The monoisotopic (exact) mass is 508 g/mol. The number of rotatable bonds is 4. The standard InChI is InChI=1S/C27H29BrN2O3/c1-5-33-26(32)24-22(18-8-6-7-9-19(18)28)23-20(14-27(3,4)15-21(23)31)30(25(24)29)17-12-10-16(2)11-13-17/h6-13,22H,5,14-15,29H2,1-4H3. The predicted molar refractivity (Wildman–Crippen MR) is 133 cm³/mol. The molecular formula is C27H29BrN2O3. The maximum absolute atomic E-state index is 13.7. The zero-order chi connectivity index (χ0) is 23.9. The third kappa shape index (κ3) is 4.24. The molecule has 1 unspecified atom stereocenters. The second kappa shape index (κ2) is 8.82. The van der Waals surface area contributed by atoms with Crippen molar-refractivity contribution in [3.8, 4) is 0 Å². The average molecular weight is 509 g/mol. The Morgan fingerprint density at radius 2 is 1.82 bits per heavy atom. The van der Waals surface area contributed by atoms with Gasteiger partial charge in [0.05, 0.1) is 18.1 Å². The SMILES string of the molecule is CCOC(=O)C1=C(N)N(c2ccc(C)cc2)C2=C(C(=O)CC(C)(C)C2)C1c1ccccc1Br. The molecule has 0 fully saturated rings. The highest BCUT2D eigenvalue weighted by Crippen LogP contribution is 2.51. The molecule has 1 heterocycles. The van der Waals surface area contributed by atoms with Gasteiger partial charge in [-0.1, -0.05) is 65.7 Å². The van der Waals surface area contributed by atoms with Crippen molar-refractivity contribution in [3.63, 3.8) is 0 Å². The van der Waals surface area contributed by atoms with Crippen molar-refractivity contribution >= 4 is 33.4 Å². The van der Waals surface area contributed by atoms with E-state index in [1.807, 2.05) is 60.4 Å². The van der Waals surface area contributed by atoms with Gasteiger partial charge in [-0.15, -0.1) is 0 Å². The average Bonchev–Trinajstić information content (AvgIpc) is 2.73. The van der Waals surface area contributed by atoms with E-state index in [-0.39, 0.29) is 17.8 Å². The molecule has 2 aromatic rings. The molecule has 0 bridgehead atoms. The zero-order valence-electron chi connectivity index (χ0n) is 19.4. The summed E-state index contributed by atoms with van der Waals surface area (Å²) in [5.74, 6) is -0.757. The molecule has 1 aliphatic heterocycles. The van der Waals surface area contributed by atoms with Gasteiger partial charge in [0, 0.05) is 27.9 Å². The van der Waals surface area contributed by atoms with Gasteiger partial charge in [0.15, 0.2) is 5.78 Å². The van der Waals surface area contributed by atoms with E-state index in [1.54, 1.807) is 6.92 Å². The van der Waals surface area contributed by atoms with Crippen LogP contribution in [0.4, 0.5) is 5.69 Å². The van der Waals surface area contributed by atoms with Gasteiger partial charge in [0.2, 0.25) is 0 Å². The van der Waals surface area contributed by atoms with Gasteiger partial charge in [0.1, 0.15) is 5.82 Å². The Kier molecular flexibility index (Phi) is 6.23. The van der Waals surface area contributed by atoms with Crippen LogP contribution in [0, 0.1) is 12.3 Å². The minimum atomic E-state index is -0.597. The van der Waals surface area contributed by atoms with Crippen molar-refractivity contribution in [1.82, 2.24) is 0 Å². The summed E-state index contributed by atoms with van der Waals surface area (Å²) in [6.07, 6.45) is 1.07. The number of aryl methyl sites for hydroxylation is 1. The Hall–Kier alpha value is -2.86. The number of anilines is 1. The van der Waals surface area contributed by atoms with E-state index in [0.29, 0.717) is 29.8 Å². The third-order valence-electron chi connectivity index (χ3n) is 6.26. The smallest absolute Gasteiger partial charge is 0.338 e. The third-order valence-corrected chi connectivity index (χ3v) is 6.99. The van der Waals surface area contributed by atoms with Crippen molar-refractivity contribution in [2.75, 3.05) is 11.5 Å². The molecule has 1 atom stereocenters. The molecule has 4 rings (SSSR count). The molecule has 0 saturated carbocycles. The number of allylic oxidation sites excluding steroid dienone is 2. The lowest BCUT2D eigenvalue weighted by molar-refractivity contribution is -0.138. The van der Waals surface area contributed by atoms with Gasteiger partial charge in [-0.25, -0.2) is 4.79 Å². The minimum Gasteiger partial charge on any atom is -0.463 e. The van der Waals surface area contributed by atoms with E-state index in [4.69, 9.17) is 10.5 Å². The van der Waals surface area contributed by atoms with Gasteiger partial charge in [-0.3, -0.25) is 9.69 Å². The highest BCUT2D eigenvalue weighted by Gasteiger charge is 2.47. The first-order valence-electron chi connectivity index (χ1n) is 11.2. The molecule has 0 aromatic heterocycles. The Labute approximate surface area is 203 Å². The van der Waals surface area contributed by atoms with E-state index < -0.39 is 11.9 Å². The number of ketones is 1. The first kappa shape index (κ1) is 23.3. The number of carbonyl (C=O) groups is 2. The molecular weight excluding hydrogens is 480 g/mol. The minimum absolute atomic E-state index is 0.0356. The Balaban J connectivity index is 2.04. The summed E-state index contributed by atoms with van der Waals surface area (Å²) in [6.45, 7) is 8.19. The van der Waals surface area contributed by atoms with Gasteiger partial charge >= 0.3 is 5.97 Å². The summed E-state index contributed by atoms with van der Waals surface area (Å²) in [4.78, 5) is 28.9. The Morgan fingerprint density at radius 3 is 2.45 bits per heavy atom. The van der Waals surface area contributed by atoms with Crippen LogP contribution in [0.15, 0.2) is 75.7 Å². The fraction of sp³-hybridized carbons (Fsp3) is 0.333. The molecule has 2 aromatic carbocycles. The molecule has 2 aliphatic rings. The number of hydrogen-bond donors (Lipinski definition) is 1. The van der Waals surface area contributed by atoms with Gasteiger partial charge in [-0.05, 0) is 49.4 Å². The van der Waals surface area contributed by atoms with E-state index in [9.17, 15) is 9.59 Å². The van der Waals surface area contributed by atoms with Crippen LogP contribution in [0.2, 0.25) is 0 Å². The predicted octanol–water partition coefficient (Wildman–Crippen LogP) is 5.74. The van der Waals surface area contributed by atoms with Crippen LogP contribution in [0.5, 0.6) is 0 Å². The number of carbonyl (C=O) groups excluding carboxylic acids is 2. The van der Waals surface area contributed by atoms with E-state index in [2.05, 4.69) is 29.8 Å². The van der Waals surface area contributed by atoms with Crippen LogP contribution >= 0.6 is 15.9 Å². The topological polar surface area (TPSA) is 72.6 Å². The van der Waals surface area contributed by atoms with E-state index in [0.717, 1.165) is 27.0 Å². The second-order valence-corrected chi connectivity index (χ2v) is 10.3. The Bertz CT molecular complexity index is 1180.